The maximum Gasteiger partial charge on any atom is 0.176 e. The van der Waals surface area contributed by atoms with E-state index in [1.165, 1.54) is 11.1 Å². The second-order valence-corrected chi connectivity index (χ2v) is 4.35. The standard InChI is InChI=1S/C14H21NO/c1-5-6-15-9-14(16)13-8-11(3)10(2)7-12(13)4/h7-8,15H,5-6,9H2,1-4H3. The van der Waals surface area contributed by atoms with Crippen LogP contribution in [-0.4, -0.2) is 18.9 Å². The van der Waals surface area contributed by atoms with E-state index in [4.69, 9.17) is 0 Å². The van der Waals surface area contributed by atoms with E-state index in [1.807, 2.05) is 19.9 Å². The highest BCUT2D eigenvalue weighted by molar-refractivity contribution is 5.99. The van der Waals surface area contributed by atoms with Gasteiger partial charge in [0.15, 0.2) is 5.78 Å². The third-order valence-corrected chi connectivity index (χ3v) is 2.85. The fraction of sp³-hybridized carbons (Fsp3) is 0.500. The van der Waals surface area contributed by atoms with Gasteiger partial charge in [-0.1, -0.05) is 13.0 Å². The fourth-order valence-corrected chi connectivity index (χ4v) is 1.73. The average molecular weight is 219 g/mol. The summed E-state index contributed by atoms with van der Waals surface area (Å²) in [7, 11) is 0. The first-order chi connectivity index (χ1) is 7.56. The zero-order chi connectivity index (χ0) is 12.1. The van der Waals surface area contributed by atoms with Gasteiger partial charge in [0.1, 0.15) is 0 Å². The summed E-state index contributed by atoms with van der Waals surface area (Å²) in [5.74, 6) is 0.189. The van der Waals surface area contributed by atoms with E-state index in [0.29, 0.717) is 6.54 Å². The van der Waals surface area contributed by atoms with Crippen LogP contribution in [0.25, 0.3) is 0 Å². The topological polar surface area (TPSA) is 29.1 Å². The second-order valence-electron chi connectivity index (χ2n) is 4.35. The van der Waals surface area contributed by atoms with Crippen molar-refractivity contribution >= 4 is 5.78 Å². The van der Waals surface area contributed by atoms with Crippen molar-refractivity contribution in [1.29, 1.82) is 0 Å². The molecule has 0 aliphatic rings. The Labute approximate surface area is 98.1 Å². The monoisotopic (exact) mass is 219 g/mol. The van der Waals surface area contributed by atoms with Gasteiger partial charge in [0.25, 0.3) is 0 Å². The van der Waals surface area contributed by atoms with Gasteiger partial charge in [-0.2, -0.15) is 0 Å². The minimum atomic E-state index is 0.189. The highest BCUT2D eigenvalue weighted by atomic mass is 16.1. The normalized spacial score (nSPS) is 10.5. The molecule has 0 spiro atoms. The van der Waals surface area contributed by atoms with Gasteiger partial charge in [-0.25, -0.2) is 0 Å². The predicted molar refractivity (Wildman–Crippen MR) is 68.1 cm³/mol. The Morgan fingerprint density at radius 1 is 1.12 bits per heavy atom. The van der Waals surface area contributed by atoms with Gasteiger partial charge in [0.05, 0.1) is 6.54 Å². The molecule has 0 atom stereocenters. The minimum absolute atomic E-state index is 0.189. The van der Waals surface area contributed by atoms with E-state index in [1.54, 1.807) is 0 Å². The Kier molecular flexibility index (Phi) is 4.69. The Morgan fingerprint density at radius 2 is 1.75 bits per heavy atom. The van der Waals surface area contributed by atoms with Gasteiger partial charge >= 0.3 is 0 Å². The number of Topliss-reactive ketones (excluding diaryl/α,β-unsaturated/α-hetero) is 1. The van der Waals surface area contributed by atoms with Gasteiger partial charge in [0.2, 0.25) is 0 Å². The molecule has 0 heterocycles. The predicted octanol–water partition coefficient (Wildman–Crippen LogP) is 2.79. The third kappa shape index (κ3) is 3.17. The molecule has 0 fully saturated rings. The van der Waals surface area contributed by atoms with Crippen LogP contribution in [0.1, 0.15) is 40.4 Å². The van der Waals surface area contributed by atoms with Gasteiger partial charge in [0, 0.05) is 5.56 Å². The summed E-state index contributed by atoms with van der Waals surface area (Å²) in [6, 6.07) is 4.09. The van der Waals surface area contributed by atoms with Gasteiger partial charge in [-0.15, -0.1) is 0 Å². The summed E-state index contributed by atoms with van der Waals surface area (Å²) in [6.07, 6.45) is 1.05. The molecule has 2 heteroatoms. The van der Waals surface area contributed by atoms with Crippen molar-refractivity contribution in [3.8, 4) is 0 Å². The largest absolute Gasteiger partial charge is 0.310 e. The molecule has 0 bridgehead atoms. The number of benzene rings is 1. The van der Waals surface area contributed by atoms with E-state index in [0.717, 1.165) is 24.1 Å². The zero-order valence-corrected chi connectivity index (χ0v) is 10.7. The molecule has 0 unspecified atom stereocenters. The lowest BCUT2D eigenvalue weighted by atomic mass is 9.98. The number of rotatable bonds is 5. The van der Waals surface area contributed by atoms with Crippen LogP contribution in [0.3, 0.4) is 0 Å². The molecule has 1 aromatic carbocycles. The maximum absolute atomic E-state index is 11.9. The molecule has 88 valence electrons. The van der Waals surface area contributed by atoms with Crippen LogP contribution in [0, 0.1) is 20.8 Å². The molecule has 1 aromatic rings. The summed E-state index contributed by atoms with van der Waals surface area (Å²) >= 11 is 0. The number of hydrogen-bond acceptors (Lipinski definition) is 2. The molecule has 0 amide bonds. The summed E-state index contributed by atoms with van der Waals surface area (Å²) in [5.41, 5.74) is 4.36. The maximum atomic E-state index is 11.9. The highest BCUT2D eigenvalue weighted by Crippen LogP contribution is 2.15. The molecule has 0 saturated heterocycles. The molecule has 1 rings (SSSR count). The Balaban J connectivity index is 2.79. The molecule has 16 heavy (non-hydrogen) atoms. The quantitative estimate of drug-likeness (QED) is 0.609. The first kappa shape index (κ1) is 12.9. The van der Waals surface area contributed by atoms with Crippen molar-refractivity contribution in [3.05, 3.63) is 34.4 Å². The summed E-state index contributed by atoms with van der Waals surface area (Å²) < 4.78 is 0. The Hall–Kier alpha value is -1.15. The van der Waals surface area contributed by atoms with E-state index in [9.17, 15) is 4.79 Å². The number of carbonyl (C=O) groups excluding carboxylic acids is 1. The summed E-state index contributed by atoms with van der Waals surface area (Å²) in [5, 5.41) is 3.15. The van der Waals surface area contributed by atoms with Crippen molar-refractivity contribution < 1.29 is 4.79 Å². The second kappa shape index (κ2) is 5.80. The summed E-state index contributed by atoms with van der Waals surface area (Å²) in [4.78, 5) is 11.9. The molecule has 0 aromatic heterocycles. The first-order valence-corrected chi connectivity index (χ1v) is 5.88. The van der Waals surface area contributed by atoms with Crippen molar-refractivity contribution in [2.24, 2.45) is 0 Å². The van der Waals surface area contributed by atoms with Gasteiger partial charge in [-0.05, 0) is 56.5 Å². The average Bonchev–Trinajstić information content (AvgIpc) is 2.23. The van der Waals surface area contributed by atoms with E-state index < -0.39 is 0 Å². The van der Waals surface area contributed by atoms with Gasteiger partial charge < -0.3 is 5.32 Å². The van der Waals surface area contributed by atoms with Crippen molar-refractivity contribution in [1.82, 2.24) is 5.32 Å². The van der Waals surface area contributed by atoms with Crippen molar-refractivity contribution in [2.45, 2.75) is 34.1 Å². The lowest BCUT2D eigenvalue weighted by Gasteiger charge is -2.09. The number of aryl methyl sites for hydroxylation is 3. The Bertz CT molecular complexity index is 383. The van der Waals surface area contributed by atoms with Crippen LogP contribution in [-0.2, 0) is 0 Å². The van der Waals surface area contributed by atoms with Crippen LogP contribution in [0.5, 0.6) is 0 Å². The van der Waals surface area contributed by atoms with E-state index in [-0.39, 0.29) is 5.78 Å². The molecule has 1 N–H and O–H groups in total. The minimum Gasteiger partial charge on any atom is -0.310 e. The van der Waals surface area contributed by atoms with Crippen LogP contribution >= 0.6 is 0 Å². The smallest absolute Gasteiger partial charge is 0.176 e. The van der Waals surface area contributed by atoms with Crippen molar-refractivity contribution in [2.75, 3.05) is 13.1 Å². The molecule has 0 aliphatic carbocycles. The summed E-state index contributed by atoms with van der Waals surface area (Å²) in [6.45, 7) is 9.56. The molecule has 0 saturated carbocycles. The lowest BCUT2D eigenvalue weighted by molar-refractivity contribution is 0.0990. The number of ketones is 1. The van der Waals surface area contributed by atoms with Gasteiger partial charge in [-0.3, -0.25) is 4.79 Å². The molecule has 0 radical (unpaired) electrons. The SMILES string of the molecule is CCCNCC(=O)c1cc(C)c(C)cc1C. The third-order valence-electron chi connectivity index (χ3n) is 2.85. The number of hydrogen-bond donors (Lipinski definition) is 1. The Morgan fingerprint density at radius 3 is 2.38 bits per heavy atom. The zero-order valence-electron chi connectivity index (χ0n) is 10.7. The van der Waals surface area contributed by atoms with Crippen LogP contribution in [0.2, 0.25) is 0 Å². The molecule has 0 aliphatic heterocycles. The first-order valence-electron chi connectivity index (χ1n) is 5.88. The van der Waals surface area contributed by atoms with Crippen LogP contribution in [0.15, 0.2) is 12.1 Å². The van der Waals surface area contributed by atoms with E-state index in [2.05, 4.69) is 25.2 Å². The van der Waals surface area contributed by atoms with Crippen LogP contribution < -0.4 is 5.32 Å². The molecule has 2 nitrogen and oxygen atoms in total. The highest BCUT2D eigenvalue weighted by Gasteiger charge is 2.09. The lowest BCUT2D eigenvalue weighted by Crippen LogP contribution is -2.24. The van der Waals surface area contributed by atoms with E-state index >= 15 is 0 Å². The van der Waals surface area contributed by atoms with Crippen molar-refractivity contribution in [3.63, 3.8) is 0 Å². The van der Waals surface area contributed by atoms with Crippen LogP contribution in [0.4, 0.5) is 0 Å². The molecular formula is C14H21NO. The number of carbonyl (C=O) groups is 1. The molecular weight excluding hydrogens is 198 g/mol. The number of nitrogens with one attached hydrogen (secondary N) is 1. The fourth-order valence-electron chi connectivity index (χ4n) is 1.73.